The number of rotatable bonds is 9. The van der Waals surface area contributed by atoms with Crippen molar-refractivity contribution in [2.75, 3.05) is 12.3 Å². The van der Waals surface area contributed by atoms with E-state index in [4.69, 9.17) is 35.8 Å². The van der Waals surface area contributed by atoms with Gasteiger partial charge in [0, 0.05) is 6.92 Å². The molecule has 0 spiro atoms. The molecule has 2 aromatic carbocycles. The van der Waals surface area contributed by atoms with Crippen LogP contribution in [0.2, 0.25) is 10.2 Å². The molecule has 10 nitrogen and oxygen atoms in total. The molecule has 0 amide bonds. The van der Waals surface area contributed by atoms with Crippen LogP contribution in [0.15, 0.2) is 67.0 Å². The van der Waals surface area contributed by atoms with Crippen molar-refractivity contribution in [1.29, 1.82) is 0 Å². The average Bonchev–Trinajstić information content (AvgIpc) is 3.52. The zero-order valence-electron chi connectivity index (χ0n) is 25.8. The van der Waals surface area contributed by atoms with Gasteiger partial charge in [0.15, 0.2) is 23.1 Å². The summed E-state index contributed by atoms with van der Waals surface area (Å²) in [5, 5.41) is 2.09. The van der Waals surface area contributed by atoms with Crippen molar-refractivity contribution in [2.45, 2.75) is 70.1 Å². The monoisotopic (exact) mass is 663 g/mol. The van der Waals surface area contributed by atoms with Gasteiger partial charge in [0.05, 0.1) is 19.0 Å². The van der Waals surface area contributed by atoms with Crippen LogP contribution in [0.4, 0.5) is 5.95 Å². The Bertz CT molecular complexity index is 1560. The Hall–Kier alpha value is -1.92. The van der Waals surface area contributed by atoms with E-state index in [0.717, 1.165) is 10.4 Å². The predicted molar refractivity (Wildman–Crippen MR) is 170 cm³/mol. The van der Waals surface area contributed by atoms with E-state index in [9.17, 15) is 4.79 Å². The number of esters is 1. The van der Waals surface area contributed by atoms with Crippen LogP contribution in [0.1, 0.15) is 47.3 Å². The molecule has 1 aliphatic rings. The predicted octanol–water partition coefficient (Wildman–Crippen LogP) is 1.69. The number of anilines is 1. The summed E-state index contributed by atoms with van der Waals surface area (Å²) in [6.45, 7) is 10.1. The average molecular weight is 664 g/mol. The number of nitrogens with two attached hydrogens (primary N) is 1. The van der Waals surface area contributed by atoms with E-state index in [2.05, 4.69) is 69.5 Å². The third-order valence-electron chi connectivity index (χ3n) is 8.10. The number of carbonyl (C=O) groups is 1. The van der Waals surface area contributed by atoms with Crippen LogP contribution < -0.4 is 45.7 Å². The van der Waals surface area contributed by atoms with Gasteiger partial charge in [-0.2, -0.15) is 9.97 Å². The quantitative estimate of drug-likeness (QED) is 0.123. The van der Waals surface area contributed by atoms with Crippen LogP contribution in [-0.2, 0) is 23.2 Å². The third kappa shape index (κ3) is 6.23. The molecule has 1 saturated heterocycles. The summed E-state index contributed by atoms with van der Waals surface area (Å²) in [6.07, 6.45) is -0.563. The Morgan fingerprint density at radius 3 is 2.20 bits per heavy atom. The van der Waals surface area contributed by atoms with E-state index < -0.39 is 38.3 Å². The number of halogens is 1. The molecule has 1 fully saturated rings. The number of nitrogen functional groups attached to an aromatic ring is 1. The molecule has 5 rings (SSSR count). The smallest absolute Gasteiger partial charge is 0.554 e. The van der Waals surface area contributed by atoms with Crippen LogP contribution in [-0.4, -0.2) is 58.2 Å². The van der Waals surface area contributed by atoms with Gasteiger partial charge in [-0.15, -0.1) is 0 Å². The molecule has 44 heavy (non-hydrogen) atoms. The normalized spacial score (nSPS) is 22.1. The topological polar surface area (TPSA) is 124 Å². The fraction of sp³-hybridized carbons (Fsp3) is 0.400. The first kappa shape index (κ1) is 34.9. The third-order valence-corrected chi connectivity index (χ3v) is 13.6. The number of hydrogen-bond acceptors (Lipinski definition) is 9. The minimum atomic E-state index is -2.96. The molecule has 4 aromatic rings. The van der Waals surface area contributed by atoms with Gasteiger partial charge < -0.3 is 33.6 Å². The molecular weight excluding hydrogens is 628 g/mol. The van der Waals surface area contributed by atoms with Crippen LogP contribution in [0.25, 0.3) is 11.2 Å². The van der Waals surface area contributed by atoms with Crippen molar-refractivity contribution in [3.8, 4) is 0 Å². The van der Waals surface area contributed by atoms with Gasteiger partial charge in [0.25, 0.3) is 8.32 Å². The molecule has 0 radical (unpaired) electrons. The first-order valence-corrected chi connectivity index (χ1v) is 16.7. The number of imidazole rings is 1. The van der Waals surface area contributed by atoms with Crippen LogP contribution in [0.5, 0.6) is 0 Å². The maximum absolute atomic E-state index is 12.4. The molecule has 2 N–H and O–H groups in total. The van der Waals surface area contributed by atoms with Crippen molar-refractivity contribution in [3.63, 3.8) is 0 Å². The minimum Gasteiger partial charge on any atom is -0.554 e. The number of carbonyl (C=O) groups excluding carboxylic acids is 1. The fourth-order valence-electron chi connectivity index (χ4n) is 6.10. The molecule has 0 unspecified atom stereocenters. The zero-order chi connectivity index (χ0) is 31.0. The van der Waals surface area contributed by atoms with E-state index >= 15 is 0 Å². The van der Waals surface area contributed by atoms with E-state index in [1.165, 1.54) is 13.3 Å². The van der Waals surface area contributed by atoms with E-state index in [-0.39, 0.29) is 52.3 Å². The molecule has 3 heterocycles. The van der Waals surface area contributed by atoms with E-state index in [0.29, 0.717) is 17.6 Å². The van der Waals surface area contributed by atoms with Crippen LogP contribution >= 0.6 is 21.1 Å². The largest absolute Gasteiger partial charge is 1.00 e. The van der Waals surface area contributed by atoms with Gasteiger partial charge in [0.2, 0.25) is 5.95 Å². The van der Waals surface area contributed by atoms with Gasteiger partial charge in [0.1, 0.15) is 11.1 Å². The van der Waals surface area contributed by atoms with Crippen molar-refractivity contribution in [2.24, 2.45) is 0 Å². The number of benzene rings is 2. The number of nitrogens with zero attached hydrogens (tertiary/aromatic N) is 4. The van der Waals surface area contributed by atoms with Gasteiger partial charge >= 0.3 is 35.5 Å². The molecule has 0 saturated carbocycles. The Morgan fingerprint density at radius 1 is 1.11 bits per heavy atom. The number of ether oxygens (including phenoxy) is 2. The van der Waals surface area contributed by atoms with Crippen LogP contribution in [0, 0.1) is 0 Å². The number of hydrogen-bond donors (Lipinski definition) is 1. The summed E-state index contributed by atoms with van der Waals surface area (Å²) in [7, 11) is 0.334. The Kier molecular flexibility index (Phi) is 11.0. The summed E-state index contributed by atoms with van der Waals surface area (Å²) >= 11 is 6.32. The number of aromatic nitrogens is 4. The summed E-state index contributed by atoms with van der Waals surface area (Å²) in [5.74, 6) is -0.519. The summed E-state index contributed by atoms with van der Waals surface area (Å²) < 4.78 is 27.6. The minimum absolute atomic E-state index is 0. The molecule has 0 aliphatic carbocycles. The summed E-state index contributed by atoms with van der Waals surface area (Å²) in [5.41, 5.74) is 5.55. The summed E-state index contributed by atoms with van der Waals surface area (Å²) in [4.78, 5) is 25.2. The standard InChI is InChI=1S/C30H36ClN5O5PSi.Na/c1-6-30(17-38-43(29(3,4)5,20-13-9-7-10-14-20)21-15-11-8-12-16-21)24(41-42)23(39-19(2)37)27(40-30)36-18-33-22-25(31)34-28(32)35-26(22)36;/h7-16,18,23-24,27,42H,6,17H2,1-5H3,(H2,32,34,35);/q-1;+1/t23-,24+,27-,30+;/m1./s1. The maximum atomic E-state index is 12.4. The summed E-state index contributed by atoms with van der Waals surface area (Å²) in [6, 6.07) is 20.7. The molecule has 14 heteroatoms. The maximum Gasteiger partial charge on any atom is 1.00 e. The fourth-order valence-corrected chi connectivity index (χ4v) is 11.3. The molecule has 1 aliphatic heterocycles. The molecule has 2 aromatic heterocycles. The van der Waals surface area contributed by atoms with Gasteiger partial charge in [-0.3, -0.25) is 9.36 Å². The van der Waals surface area contributed by atoms with Crippen molar-refractivity contribution in [1.82, 2.24) is 19.5 Å². The molecule has 0 bridgehead atoms. The van der Waals surface area contributed by atoms with Crippen molar-refractivity contribution >= 4 is 62.8 Å². The van der Waals surface area contributed by atoms with E-state index in [1.807, 2.05) is 43.3 Å². The van der Waals surface area contributed by atoms with Crippen molar-refractivity contribution < 1.29 is 52.8 Å². The Labute approximate surface area is 288 Å². The van der Waals surface area contributed by atoms with Gasteiger partial charge in [-0.05, 0) is 21.8 Å². The first-order chi connectivity index (χ1) is 20.5. The van der Waals surface area contributed by atoms with E-state index in [1.54, 1.807) is 4.57 Å². The molecule has 4 atom stereocenters. The molecule has 228 valence electrons. The molecular formula is C30H36ClN5NaO5PSi. The first-order valence-electron chi connectivity index (χ1n) is 14.1. The number of fused-ring (bicyclic) bond motifs is 1. The second-order valence-electron chi connectivity index (χ2n) is 11.7. The van der Waals surface area contributed by atoms with Gasteiger partial charge in [-0.25, -0.2) is 4.98 Å². The zero-order valence-corrected chi connectivity index (χ0v) is 30.5. The SMILES string of the molecule is CC[C@@]1(CO[Si](c2ccccc2)(c2ccccc2)C(C)(C)C)O[C@@H](n2cnc3c(Cl)nc(N)nc32)[C@H](OC(C)=O)[C@@H]1O[PH-].[Na+]. The Balaban J connectivity index is 0.00000442. The van der Waals surface area contributed by atoms with Gasteiger partial charge in [-0.1, -0.05) is 100.0 Å². The Morgan fingerprint density at radius 2 is 1.70 bits per heavy atom. The second kappa shape index (κ2) is 13.8. The second-order valence-corrected chi connectivity index (χ2v) is 16.6. The van der Waals surface area contributed by atoms with Crippen molar-refractivity contribution in [3.05, 3.63) is 72.1 Å². The van der Waals surface area contributed by atoms with Crippen LogP contribution in [0.3, 0.4) is 0 Å².